The third-order valence-electron chi connectivity index (χ3n) is 12.7. The van der Waals surface area contributed by atoms with Gasteiger partial charge in [-0.15, -0.1) is 48.1 Å². The first kappa shape index (κ1) is 40.7. The molecule has 70 heavy (non-hydrogen) atoms. The van der Waals surface area contributed by atoms with Gasteiger partial charge in [0.25, 0.3) is 0 Å². The minimum atomic E-state index is -2.27. The van der Waals surface area contributed by atoms with Crippen LogP contribution in [0.5, 0.6) is 11.5 Å². The maximum atomic E-state index is 9.24. The second kappa shape index (κ2) is 18.6. The fourth-order valence-electron chi connectivity index (χ4n) is 9.45. The number of rotatable bonds is 9. The number of aryl methyl sites for hydroxylation is 1. The van der Waals surface area contributed by atoms with E-state index in [1.165, 1.54) is 5.56 Å². The normalized spacial score (nSPS) is 14.1. The van der Waals surface area contributed by atoms with Gasteiger partial charge in [-0.1, -0.05) is 168 Å². The van der Waals surface area contributed by atoms with Gasteiger partial charge < -0.3 is 19.1 Å². The Morgan fingerprint density at radius 2 is 1.26 bits per heavy atom. The molecule has 0 atom stereocenters. The number of benzene rings is 8. The van der Waals surface area contributed by atoms with Gasteiger partial charge in [0.1, 0.15) is 5.82 Å². The van der Waals surface area contributed by atoms with E-state index in [-0.39, 0.29) is 26.5 Å². The number of anilines is 4. The third-order valence-corrected chi connectivity index (χ3v) is 12.7. The molecule has 0 aliphatic carbocycles. The molecule has 8 aromatic carbocycles. The quantitative estimate of drug-likeness (QED) is 0.135. The van der Waals surface area contributed by atoms with Crippen LogP contribution in [0, 0.1) is 31.1 Å². The average Bonchev–Trinajstić information content (AvgIpc) is 3.94. The van der Waals surface area contributed by atoms with E-state index in [9.17, 15) is 2.74 Å². The average molecular weight is 1100 g/mol. The molecule has 0 radical (unpaired) electrons. The number of hydrogen-bond donors (Lipinski definition) is 0. The fraction of sp³-hybridized carbons (Fsp3) is 0.156. The van der Waals surface area contributed by atoms with Crippen LogP contribution in [0.3, 0.4) is 0 Å². The zero-order valence-corrected chi connectivity index (χ0v) is 42.3. The van der Waals surface area contributed by atoms with Crippen molar-refractivity contribution in [1.29, 1.82) is 0 Å². The number of fused-ring (bicyclic) bond motifs is 4. The van der Waals surface area contributed by atoms with Crippen molar-refractivity contribution in [2.45, 2.75) is 60.2 Å². The Balaban J connectivity index is 0.00000641. The zero-order chi connectivity index (χ0) is 51.7. The topological polar surface area (TPSA) is 33.5 Å². The molecule has 0 bridgehead atoms. The first-order valence-corrected chi connectivity index (χ1v) is 23.4. The molecule has 1 aliphatic rings. The molecule has 0 amide bonds. The van der Waals surface area contributed by atoms with Gasteiger partial charge in [-0.25, -0.2) is 4.98 Å². The summed E-state index contributed by atoms with van der Waals surface area (Å²) < 4.78 is 52.0. The summed E-state index contributed by atoms with van der Waals surface area (Å²) in [6.07, 6.45) is 0.256. The summed E-state index contributed by atoms with van der Waals surface area (Å²) in [6.45, 7) is 12.2. The van der Waals surface area contributed by atoms with Gasteiger partial charge in [0.15, 0.2) is 0 Å². The molecule has 3 heterocycles. The molecule has 0 unspecified atom stereocenters. The smallest absolute Gasteiger partial charge is 0.135 e. The van der Waals surface area contributed by atoms with Crippen molar-refractivity contribution < 1.29 is 32.7 Å². The minimum Gasteiger partial charge on any atom is -0.509 e. The number of para-hydroxylation sites is 4. The second-order valence-electron chi connectivity index (χ2n) is 19.7. The summed E-state index contributed by atoms with van der Waals surface area (Å²) in [6, 6.07) is 67.3. The zero-order valence-electron chi connectivity index (χ0n) is 45.0. The Hall–Kier alpha value is -7.20. The molecule has 1 aliphatic heterocycles. The second-order valence-corrected chi connectivity index (χ2v) is 19.7. The van der Waals surface area contributed by atoms with Crippen molar-refractivity contribution in [1.82, 2.24) is 9.55 Å². The fourth-order valence-corrected chi connectivity index (χ4v) is 9.45. The Morgan fingerprint density at radius 1 is 0.600 bits per heavy atom. The van der Waals surface area contributed by atoms with E-state index in [0.717, 1.165) is 78.2 Å². The van der Waals surface area contributed by atoms with Crippen LogP contribution < -0.4 is 14.5 Å². The Morgan fingerprint density at radius 3 is 2.03 bits per heavy atom. The van der Waals surface area contributed by atoms with Crippen LogP contribution in [0.25, 0.3) is 61.0 Å². The molecule has 11 rings (SSSR count). The monoisotopic (exact) mass is 1100 g/mol. The molecule has 10 aromatic rings. The largest absolute Gasteiger partial charge is 0.509 e. The van der Waals surface area contributed by atoms with E-state index in [1.807, 2.05) is 136 Å². The van der Waals surface area contributed by atoms with Crippen LogP contribution in [0.1, 0.15) is 65.1 Å². The van der Waals surface area contributed by atoms with Gasteiger partial charge in [-0.05, 0) is 98.7 Å². The van der Waals surface area contributed by atoms with Gasteiger partial charge in [-0.3, -0.25) is 0 Å². The van der Waals surface area contributed by atoms with E-state index in [4.69, 9.17) is 13.8 Å². The summed E-state index contributed by atoms with van der Waals surface area (Å²) in [7, 11) is 0. The van der Waals surface area contributed by atoms with E-state index < -0.39 is 18.6 Å². The van der Waals surface area contributed by atoms with Crippen molar-refractivity contribution in [3.05, 3.63) is 224 Å². The van der Waals surface area contributed by atoms with Gasteiger partial charge in [0.2, 0.25) is 0 Å². The summed E-state index contributed by atoms with van der Waals surface area (Å²) in [4.78, 5) is 9.17. The minimum absolute atomic E-state index is 0. The molecule has 0 spiro atoms. The molecular formula is C64H55N4OPt-3. The van der Waals surface area contributed by atoms with E-state index >= 15 is 0 Å². The molecule has 0 saturated carbocycles. The van der Waals surface area contributed by atoms with Crippen LogP contribution in [0.4, 0.5) is 22.7 Å². The SMILES string of the molecule is [2H]C([2H])([2H])c1ccccc1-c1ccc(-c2cccc(-c3cccc(C([2H])([2H])C(C)(C)C)c3)c2N2[CH-]N(c3[c-]c(Oc4[c-]c5c(cc4)c4ccccc4n5-c4cc(C(C)(C)C)ccn4)ccc3)c3ccccc32)cc1.[Pt]. The first-order chi connectivity index (χ1) is 35.3. The van der Waals surface area contributed by atoms with Crippen molar-refractivity contribution in [2.75, 3.05) is 9.80 Å². The Bertz CT molecular complexity index is 3760. The van der Waals surface area contributed by atoms with Gasteiger partial charge >= 0.3 is 0 Å². The molecule has 0 N–H and O–H groups in total. The van der Waals surface area contributed by atoms with Crippen LogP contribution in [-0.4, -0.2) is 9.55 Å². The number of pyridine rings is 1. The van der Waals surface area contributed by atoms with Crippen LogP contribution in [0.15, 0.2) is 188 Å². The van der Waals surface area contributed by atoms with Gasteiger partial charge in [0.05, 0.1) is 0 Å². The molecule has 6 heteroatoms. The van der Waals surface area contributed by atoms with Gasteiger partial charge in [-0.2, -0.15) is 12.1 Å². The molecular weight excluding hydrogens is 1040 g/mol. The van der Waals surface area contributed by atoms with E-state index in [1.54, 1.807) is 12.1 Å². The molecule has 5 nitrogen and oxygen atoms in total. The van der Waals surface area contributed by atoms with Crippen molar-refractivity contribution in [3.63, 3.8) is 0 Å². The first-order valence-electron chi connectivity index (χ1n) is 25.9. The summed E-state index contributed by atoms with van der Waals surface area (Å²) in [5.74, 6) is 1.87. The van der Waals surface area contributed by atoms with E-state index in [2.05, 4.69) is 115 Å². The molecule has 0 fully saturated rings. The standard InChI is InChI=1S/C64H55N4O.Pt/c1-43-17-8-9-22-52(43)45-29-31-46(32-30-45)53-24-16-25-54(47-19-14-18-44(37-47)41-63(2,3)4)62(53)67-42-66(58-27-12-13-28-59(58)67)49-20-15-21-50(39-49)69-51-33-34-56-55-23-10-11-26-57(55)68(60(56)40-51)61-38-48(35-36-65-61)64(5,6)7;/h8-38,42H,41H2,1-7H3;/q-3;/i1D3,41D2;. The predicted molar refractivity (Wildman–Crippen MR) is 287 cm³/mol. The Kier molecular flexibility index (Phi) is 10.8. The van der Waals surface area contributed by atoms with Gasteiger partial charge in [0, 0.05) is 79.3 Å². The number of ether oxygens (including phenoxy) is 1. The summed E-state index contributed by atoms with van der Waals surface area (Å²) >= 11 is 0. The molecule has 0 saturated heterocycles. The summed E-state index contributed by atoms with van der Waals surface area (Å²) in [5, 5.41) is 2.15. The number of nitrogens with zero attached hydrogens (tertiary/aromatic N) is 4. The third kappa shape index (κ3) is 8.96. The maximum absolute atomic E-state index is 9.24. The van der Waals surface area contributed by atoms with Crippen molar-refractivity contribution in [2.24, 2.45) is 5.41 Å². The summed E-state index contributed by atoms with van der Waals surface area (Å²) in [5.41, 5.74) is 11.9. The number of aromatic nitrogens is 2. The molecule has 350 valence electrons. The molecule has 2 aromatic heterocycles. The predicted octanol–water partition coefficient (Wildman–Crippen LogP) is 17.2. The van der Waals surface area contributed by atoms with Crippen LogP contribution in [-0.2, 0) is 32.9 Å². The van der Waals surface area contributed by atoms with E-state index in [0.29, 0.717) is 28.2 Å². The van der Waals surface area contributed by atoms with Crippen LogP contribution in [0.2, 0.25) is 0 Å². The van der Waals surface area contributed by atoms with Crippen molar-refractivity contribution in [3.8, 4) is 50.7 Å². The van der Waals surface area contributed by atoms with Crippen LogP contribution >= 0.6 is 0 Å². The number of hydrogen-bond acceptors (Lipinski definition) is 4. The Labute approximate surface area is 434 Å². The van der Waals surface area contributed by atoms with Crippen molar-refractivity contribution >= 4 is 44.6 Å². The maximum Gasteiger partial charge on any atom is 0.135 e.